The lowest BCUT2D eigenvalue weighted by Crippen LogP contribution is -2.48. The highest BCUT2D eigenvalue weighted by Gasteiger charge is 2.27. The fourth-order valence-corrected chi connectivity index (χ4v) is 5.54. The molecule has 1 aliphatic rings. The van der Waals surface area contributed by atoms with Crippen LogP contribution in [0.1, 0.15) is 11.4 Å². The third-order valence-electron chi connectivity index (χ3n) is 5.39. The Bertz CT molecular complexity index is 1110. The Morgan fingerprint density at radius 3 is 2.47 bits per heavy atom. The fourth-order valence-electron chi connectivity index (χ4n) is 3.86. The summed E-state index contributed by atoms with van der Waals surface area (Å²) >= 11 is 6.13. The number of piperazine rings is 1. The summed E-state index contributed by atoms with van der Waals surface area (Å²) in [5, 5.41) is 10.1. The molecule has 1 aliphatic heterocycles. The van der Waals surface area contributed by atoms with E-state index in [1.54, 1.807) is 10.4 Å². The van der Waals surface area contributed by atoms with Crippen molar-refractivity contribution >= 4 is 32.7 Å². The number of nitrogens with zero attached hydrogens (tertiary/aromatic N) is 4. The molecule has 0 radical (unpaired) electrons. The van der Waals surface area contributed by atoms with E-state index in [-0.39, 0.29) is 12.4 Å². The van der Waals surface area contributed by atoms with Gasteiger partial charge in [0.1, 0.15) is 5.82 Å². The van der Waals surface area contributed by atoms with E-state index in [0.29, 0.717) is 44.3 Å². The monoisotopic (exact) mass is 448 g/mol. The third-order valence-corrected chi connectivity index (χ3v) is 7.48. The van der Waals surface area contributed by atoms with Crippen LogP contribution in [0, 0.1) is 0 Å². The van der Waals surface area contributed by atoms with E-state index in [1.165, 1.54) is 0 Å². The van der Waals surface area contributed by atoms with Crippen LogP contribution in [-0.4, -0.2) is 65.1 Å². The first-order valence-electron chi connectivity index (χ1n) is 9.96. The van der Waals surface area contributed by atoms with Gasteiger partial charge >= 0.3 is 0 Å². The third kappa shape index (κ3) is 4.68. The van der Waals surface area contributed by atoms with Gasteiger partial charge in [0, 0.05) is 37.7 Å². The van der Waals surface area contributed by atoms with Crippen molar-refractivity contribution < 1.29 is 13.5 Å². The van der Waals surface area contributed by atoms with Gasteiger partial charge in [-0.25, -0.2) is 13.4 Å². The normalized spacial score (nSPS) is 16.3. The molecule has 2 aromatic carbocycles. The Morgan fingerprint density at radius 2 is 1.77 bits per heavy atom. The van der Waals surface area contributed by atoms with Gasteiger partial charge in [0.2, 0.25) is 10.0 Å². The van der Waals surface area contributed by atoms with E-state index < -0.39 is 10.0 Å². The predicted molar refractivity (Wildman–Crippen MR) is 118 cm³/mol. The highest BCUT2D eigenvalue weighted by Crippen LogP contribution is 2.22. The highest BCUT2D eigenvalue weighted by atomic mass is 35.5. The van der Waals surface area contributed by atoms with Crippen molar-refractivity contribution in [3.8, 4) is 0 Å². The van der Waals surface area contributed by atoms with Crippen LogP contribution in [0.4, 0.5) is 0 Å². The lowest BCUT2D eigenvalue weighted by Gasteiger charge is -2.33. The van der Waals surface area contributed by atoms with E-state index in [0.717, 1.165) is 22.4 Å². The largest absolute Gasteiger partial charge is 0.395 e. The molecule has 1 fully saturated rings. The summed E-state index contributed by atoms with van der Waals surface area (Å²) < 4.78 is 29.1. The molecule has 1 saturated heterocycles. The molecular formula is C21H25ClN4O3S. The molecule has 1 aromatic heterocycles. The Labute approximate surface area is 181 Å². The average Bonchev–Trinajstić information content (AvgIpc) is 3.05. The molecule has 160 valence electrons. The lowest BCUT2D eigenvalue weighted by molar-refractivity contribution is 0.175. The van der Waals surface area contributed by atoms with E-state index in [4.69, 9.17) is 16.6 Å². The predicted octanol–water partition coefficient (Wildman–Crippen LogP) is 2.33. The van der Waals surface area contributed by atoms with Gasteiger partial charge in [-0.05, 0) is 23.8 Å². The lowest BCUT2D eigenvalue weighted by atomic mass is 10.2. The summed E-state index contributed by atoms with van der Waals surface area (Å²) in [6, 6.07) is 14.8. The first kappa shape index (κ1) is 21.3. The summed E-state index contributed by atoms with van der Waals surface area (Å²) in [5.41, 5.74) is 2.54. The molecule has 0 atom stereocenters. The van der Waals surface area contributed by atoms with E-state index >= 15 is 0 Å². The number of aromatic nitrogens is 2. The van der Waals surface area contributed by atoms with E-state index in [9.17, 15) is 13.5 Å². The standard InChI is InChI=1S/C21H25ClN4O3S/c22-18-6-7-19-20(14-18)26(12-13-27)21(23-19)15-24-8-10-25(11-9-24)30(28,29)16-17-4-2-1-3-5-17/h1-7,14,27H,8-13,15-16H2. The zero-order chi connectivity index (χ0) is 21.1. The second-order valence-electron chi connectivity index (χ2n) is 7.45. The van der Waals surface area contributed by atoms with Crippen LogP contribution in [-0.2, 0) is 28.9 Å². The summed E-state index contributed by atoms with van der Waals surface area (Å²) in [7, 11) is -3.34. The molecule has 0 saturated carbocycles. The molecule has 30 heavy (non-hydrogen) atoms. The van der Waals surface area contributed by atoms with Gasteiger partial charge in [0.25, 0.3) is 0 Å². The molecular weight excluding hydrogens is 424 g/mol. The van der Waals surface area contributed by atoms with Crippen molar-refractivity contribution in [1.82, 2.24) is 18.8 Å². The number of halogens is 1. The average molecular weight is 449 g/mol. The molecule has 0 unspecified atom stereocenters. The number of rotatable bonds is 7. The molecule has 0 bridgehead atoms. The molecule has 2 heterocycles. The van der Waals surface area contributed by atoms with Gasteiger partial charge in [-0.15, -0.1) is 0 Å². The molecule has 7 nitrogen and oxygen atoms in total. The quantitative estimate of drug-likeness (QED) is 0.600. The Morgan fingerprint density at radius 1 is 1.03 bits per heavy atom. The molecule has 0 spiro atoms. The van der Waals surface area contributed by atoms with Gasteiger partial charge in [-0.3, -0.25) is 4.90 Å². The highest BCUT2D eigenvalue weighted by molar-refractivity contribution is 7.88. The van der Waals surface area contributed by atoms with Crippen LogP contribution in [0.5, 0.6) is 0 Å². The van der Waals surface area contributed by atoms with Crippen LogP contribution >= 0.6 is 11.6 Å². The topological polar surface area (TPSA) is 78.7 Å². The first-order valence-corrected chi connectivity index (χ1v) is 11.9. The fraction of sp³-hybridized carbons (Fsp3) is 0.381. The second-order valence-corrected chi connectivity index (χ2v) is 9.86. The van der Waals surface area contributed by atoms with E-state index in [2.05, 4.69) is 4.90 Å². The van der Waals surface area contributed by atoms with Crippen LogP contribution in [0.25, 0.3) is 11.0 Å². The SMILES string of the molecule is O=S(=O)(Cc1ccccc1)N1CCN(Cc2nc3ccc(Cl)cc3n2CCO)CC1. The number of fused-ring (bicyclic) bond motifs is 1. The Balaban J connectivity index is 1.43. The van der Waals surface area contributed by atoms with Crippen LogP contribution in [0.15, 0.2) is 48.5 Å². The summed E-state index contributed by atoms with van der Waals surface area (Å²) in [5.74, 6) is 0.878. The van der Waals surface area contributed by atoms with E-state index in [1.807, 2.05) is 47.0 Å². The number of benzene rings is 2. The zero-order valence-corrected chi connectivity index (χ0v) is 18.2. The van der Waals surface area contributed by atoms with Crippen molar-refractivity contribution in [3.05, 3.63) is 64.9 Å². The van der Waals surface area contributed by atoms with Crippen molar-refractivity contribution in [1.29, 1.82) is 0 Å². The number of imidazole rings is 1. The van der Waals surface area contributed by atoms with Crippen molar-refractivity contribution in [2.75, 3.05) is 32.8 Å². The maximum absolute atomic E-state index is 12.8. The number of hydrogen-bond donors (Lipinski definition) is 1. The van der Waals surface area contributed by atoms with Gasteiger partial charge in [-0.1, -0.05) is 41.9 Å². The number of hydrogen-bond acceptors (Lipinski definition) is 5. The van der Waals surface area contributed by atoms with Gasteiger partial charge in [-0.2, -0.15) is 4.31 Å². The van der Waals surface area contributed by atoms with Gasteiger partial charge in [0.15, 0.2) is 0 Å². The van der Waals surface area contributed by atoms with Crippen LogP contribution < -0.4 is 0 Å². The molecule has 9 heteroatoms. The molecule has 3 aromatic rings. The molecule has 0 aliphatic carbocycles. The molecule has 4 rings (SSSR count). The Hall–Kier alpha value is -1.97. The number of aliphatic hydroxyl groups excluding tert-OH is 1. The number of sulfonamides is 1. The molecule has 0 amide bonds. The van der Waals surface area contributed by atoms with Crippen LogP contribution in [0.2, 0.25) is 5.02 Å². The minimum absolute atomic E-state index is 0.0104. The summed E-state index contributed by atoms with van der Waals surface area (Å²) in [6.07, 6.45) is 0. The number of aliphatic hydroxyl groups is 1. The first-order chi connectivity index (χ1) is 14.5. The Kier molecular flexibility index (Phi) is 6.40. The maximum Gasteiger partial charge on any atom is 0.218 e. The van der Waals surface area contributed by atoms with Gasteiger partial charge < -0.3 is 9.67 Å². The van der Waals surface area contributed by atoms with Crippen molar-refractivity contribution in [2.45, 2.75) is 18.8 Å². The maximum atomic E-state index is 12.8. The zero-order valence-electron chi connectivity index (χ0n) is 16.6. The van der Waals surface area contributed by atoms with Crippen molar-refractivity contribution in [3.63, 3.8) is 0 Å². The second kappa shape index (κ2) is 9.03. The molecule has 1 N–H and O–H groups in total. The summed E-state index contributed by atoms with van der Waals surface area (Å²) in [6.45, 7) is 3.24. The van der Waals surface area contributed by atoms with Crippen LogP contribution in [0.3, 0.4) is 0 Å². The summed E-state index contributed by atoms with van der Waals surface area (Å²) in [4.78, 5) is 6.91. The minimum Gasteiger partial charge on any atom is -0.395 e. The van der Waals surface area contributed by atoms with Gasteiger partial charge in [0.05, 0.1) is 29.9 Å². The van der Waals surface area contributed by atoms with Crippen molar-refractivity contribution in [2.24, 2.45) is 0 Å². The minimum atomic E-state index is -3.34. The smallest absolute Gasteiger partial charge is 0.218 e.